The van der Waals surface area contributed by atoms with Crippen molar-refractivity contribution in [3.63, 3.8) is 0 Å². The molecule has 3 fully saturated rings. The molecule has 3 N–H and O–H groups in total. The zero-order valence-electron chi connectivity index (χ0n) is 24.7. The lowest BCUT2D eigenvalue weighted by molar-refractivity contribution is -0.145. The summed E-state index contributed by atoms with van der Waals surface area (Å²) in [7, 11) is 0. The molecule has 222 valence electrons. The molecule has 1 heterocycles. The lowest BCUT2D eigenvalue weighted by Gasteiger charge is -2.36. The minimum Gasteiger partial charge on any atom is -0.347 e. The van der Waals surface area contributed by atoms with Crippen molar-refractivity contribution in [2.45, 2.75) is 96.8 Å². The molecular formula is C32H44N4O5. The quantitative estimate of drug-likeness (QED) is 0.282. The van der Waals surface area contributed by atoms with Crippen LogP contribution in [0.15, 0.2) is 36.4 Å². The van der Waals surface area contributed by atoms with Gasteiger partial charge in [0, 0.05) is 18.7 Å². The number of nitrogens with zero attached hydrogens (tertiary/aromatic N) is 1. The molecule has 0 unspecified atom stereocenters. The summed E-state index contributed by atoms with van der Waals surface area (Å²) in [4.78, 5) is 67.9. The molecule has 0 radical (unpaired) electrons. The zero-order chi connectivity index (χ0) is 29.7. The van der Waals surface area contributed by atoms with Crippen LogP contribution in [0.2, 0.25) is 0 Å². The standard InChI is InChI=1S/C32H44N4O5/c1-5-10-24(27(38)30(40)33-22-16-17-22)34-29(39)26-23-14-9-13-21(23)19-36(26)31(41)28(32(2,3)4)35-25(37)18-15-20-11-7-6-8-12-20/h6-8,11-12,15,18,21-24,26,28H,5,9-10,13-14,16-17,19H2,1-4H3,(H,33,40)(H,34,39)(H,35,37)/t21-,23-,24-,26-,28+/m0/s1. The summed E-state index contributed by atoms with van der Waals surface area (Å²) >= 11 is 0. The van der Waals surface area contributed by atoms with E-state index in [1.807, 2.05) is 58.0 Å². The van der Waals surface area contributed by atoms with Gasteiger partial charge in [-0.25, -0.2) is 0 Å². The van der Waals surface area contributed by atoms with E-state index in [4.69, 9.17) is 0 Å². The molecule has 2 saturated carbocycles. The molecule has 1 saturated heterocycles. The smallest absolute Gasteiger partial charge is 0.289 e. The predicted molar refractivity (Wildman–Crippen MR) is 156 cm³/mol. The molecule has 2 aliphatic carbocycles. The van der Waals surface area contributed by atoms with Gasteiger partial charge in [0.05, 0.1) is 6.04 Å². The Morgan fingerprint density at radius 3 is 2.34 bits per heavy atom. The van der Waals surface area contributed by atoms with Crippen LogP contribution in [0.25, 0.3) is 6.08 Å². The van der Waals surface area contributed by atoms with Crippen LogP contribution in [0, 0.1) is 17.3 Å². The monoisotopic (exact) mass is 564 g/mol. The number of carbonyl (C=O) groups is 5. The van der Waals surface area contributed by atoms with Crippen molar-refractivity contribution in [1.29, 1.82) is 0 Å². The Balaban J connectivity index is 1.51. The van der Waals surface area contributed by atoms with Gasteiger partial charge in [-0.05, 0) is 61.0 Å². The van der Waals surface area contributed by atoms with Gasteiger partial charge in [-0.1, -0.05) is 70.9 Å². The highest BCUT2D eigenvalue weighted by molar-refractivity contribution is 6.38. The first kappa shape index (κ1) is 30.5. The summed E-state index contributed by atoms with van der Waals surface area (Å²) in [6.45, 7) is 7.98. The lowest BCUT2D eigenvalue weighted by Crippen LogP contribution is -2.59. The van der Waals surface area contributed by atoms with Gasteiger partial charge in [-0.2, -0.15) is 0 Å². The number of Topliss-reactive ketones (excluding diaryl/α,β-unsaturated/α-hetero) is 1. The molecule has 41 heavy (non-hydrogen) atoms. The largest absolute Gasteiger partial charge is 0.347 e. The third-order valence-corrected chi connectivity index (χ3v) is 8.42. The van der Waals surface area contributed by atoms with E-state index in [1.54, 1.807) is 11.0 Å². The van der Waals surface area contributed by atoms with E-state index < -0.39 is 47.0 Å². The molecule has 1 aromatic rings. The van der Waals surface area contributed by atoms with Crippen LogP contribution < -0.4 is 16.0 Å². The second kappa shape index (κ2) is 13.0. The van der Waals surface area contributed by atoms with Crippen molar-refractivity contribution in [1.82, 2.24) is 20.9 Å². The Labute approximate surface area is 242 Å². The highest BCUT2D eigenvalue weighted by atomic mass is 16.2. The molecule has 4 rings (SSSR count). The predicted octanol–water partition coefficient (Wildman–Crippen LogP) is 2.99. The van der Waals surface area contributed by atoms with Crippen LogP contribution in [0.5, 0.6) is 0 Å². The number of amides is 4. The fourth-order valence-electron chi connectivity index (χ4n) is 6.07. The first-order valence-electron chi connectivity index (χ1n) is 15.0. The van der Waals surface area contributed by atoms with E-state index in [1.165, 1.54) is 6.08 Å². The lowest BCUT2D eigenvalue weighted by atomic mass is 9.85. The SMILES string of the molecule is CCC[C@H](NC(=O)[C@@H]1[C@H]2CCC[C@H]2CN1C(=O)[C@@H](NC(=O)C=Cc1ccccc1)C(C)(C)C)C(=O)C(=O)NC1CC1. The Morgan fingerprint density at radius 1 is 1.00 bits per heavy atom. The molecule has 4 amide bonds. The highest BCUT2D eigenvalue weighted by Gasteiger charge is 2.52. The maximum absolute atomic E-state index is 14.1. The van der Waals surface area contributed by atoms with Gasteiger partial charge in [-0.3, -0.25) is 24.0 Å². The average Bonchev–Trinajstić information content (AvgIpc) is 3.50. The maximum atomic E-state index is 14.1. The van der Waals surface area contributed by atoms with Gasteiger partial charge >= 0.3 is 0 Å². The van der Waals surface area contributed by atoms with E-state index in [0.29, 0.717) is 19.4 Å². The number of nitrogens with one attached hydrogen (secondary N) is 3. The number of likely N-dealkylation sites (tertiary alicyclic amines) is 1. The zero-order valence-corrected chi connectivity index (χ0v) is 24.7. The number of carbonyl (C=O) groups excluding carboxylic acids is 5. The molecule has 3 aliphatic rings. The van der Waals surface area contributed by atoms with Gasteiger partial charge in [0.1, 0.15) is 12.1 Å². The van der Waals surface area contributed by atoms with E-state index in [2.05, 4.69) is 16.0 Å². The van der Waals surface area contributed by atoms with Crippen molar-refractivity contribution in [2.24, 2.45) is 17.3 Å². The van der Waals surface area contributed by atoms with Crippen LogP contribution in [-0.4, -0.2) is 65.0 Å². The fourth-order valence-corrected chi connectivity index (χ4v) is 6.07. The Bertz CT molecular complexity index is 1170. The molecule has 9 heteroatoms. The Hall–Kier alpha value is -3.49. The molecule has 0 bridgehead atoms. The van der Waals surface area contributed by atoms with Crippen molar-refractivity contribution < 1.29 is 24.0 Å². The van der Waals surface area contributed by atoms with E-state index in [9.17, 15) is 24.0 Å². The van der Waals surface area contributed by atoms with E-state index in [-0.39, 0.29) is 23.8 Å². The molecule has 1 aliphatic heterocycles. The van der Waals surface area contributed by atoms with Gasteiger partial charge in [0.2, 0.25) is 23.5 Å². The number of rotatable bonds is 11. The number of fused-ring (bicyclic) bond motifs is 1. The van der Waals surface area contributed by atoms with Crippen LogP contribution in [0.4, 0.5) is 0 Å². The molecule has 1 aromatic carbocycles. The minimum absolute atomic E-state index is 0.0223. The van der Waals surface area contributed by atoms with Crippen LogP contribution in [0.3, 0.4) is 0 Å². The van der Waals surface area contributed by atoms with Gasteiger partial charge in [-0.15, -0.1) is 0 Å². The van der Waals surface area contributed by atoms with Crippen LogP contribution >= 0.6 is 0 Å². The van der Waals surface area contributed by atoms with Gasteiger partial charge in [0.15, 0.2) is 0 Å². The third kappa shape index (κ3) is 7.63. The van der Waals surface area contributed by atoms with Crippen LogP contribution in [0.1, 0.15) is 78.2 Å². The van der Waals surface area contributed by atoms with Crippen molar-refractivity contribution in [3.8, 4) is 0 Å². The van der Waals surface area contributed by atoms with Crippen molar-refractivity contribution in [2.75, 3.05) is 6.54 Å². The van der Waals surface area contributed by atoms with Gasteiger partial charge in [0.25, 0.3) is 5.91 Å². The summed E-state index contributed by atoms with van der Waals surface area (Å²) < 4.78 is 0. The Kier molecular flexibility index (Phi) is 9.66. The number of benzene rings is 1. The molecule has 9 nitrogen and oxygen atoms in total. The minimum atomic E-state index is -0.940. The number of ketones is 1. The topological polar surface area (TPSA) is 125 Å². The summed E-state index contributed by atoms with van der Waals surface area (Å²) in [5.74, 6) is -2.24. The summed E-state index contributed by atoms with van der Waals surface area (Å²) in [6, 6.07) is 6.91. The summed E-state index contributed by atoms with van der Waals surface area (Å²) in [5, 5.41) is 8.46. The fraction of sp³-hybridized carbons (Fsp3) is 0.594. The number of hydrogen-bond donors (Lipinski definition) is 3. The molecular weight excluding hydrogens is 520 g/mol. The van der Waals surface area contributed by atoms with Gasteiger partial charge < -0.3 is 20.9 Å². The number of hydrogen-bond acceptors (Lipinski definition) is 5. The summed E-state index contributed by atoms with van der Waals surface area (Å²) in [5.41, 5.74) is 0.251. The first-order valence-corrected chi connectivity index (χ1v) is 15.0. The molecule has 0 spiro atoms. The third-order valence-electron chi connectivity index (χ3n) is 8.42. The molecule has 5 atom stereocenters. The second-order valence-electron chi connectivity index (χ2n) is 12.8. The first-order chi connectivity index (χ1) is 19.5. The molecule has 0 aromatic heterocycles. The Morgan fingerprint density at radius 2 is 1.71 bits per heavy atom. The van der Waals surface area contributed by atoms with Crippen molar-refractivity contribution in [3.05, 3.63) is 42.0 Å². The van der Waals surface area contributed by atoms with E-state index in [0.717, 1.165) is 37.7 Å². The summed E-state index contributed by atoms with van der Waals surface area (Å²) in [6.07, 6.45) is 8.50. The maximum Gasteiger partial charge on any atom is 0.289 e. The second-order valence-corrected chi connectivity index (χ2v) is 12.8. The highest BCUT2D eigenvalue weighted by Crippen LogP contribution is 2.43. The van der Waals surface area contributed by atoms with E-state index >= 15 is 0 Å². The van der Waals surface area contributed by atoms with Crippen LogP contribution in [-0.2, 0) is 24.0 Å². The normalized spacial score (nSPS) is 23.5. The average molecular weight is 565 g/mol. The van der Waals surface area contributed by atoms with Crippen molar-refractivity contribution >= 4 is 35.5 Å².